The first-order chi connectivity index (χ1) is 10.5. The zero-order valence-corrected chi connectivity index (χ0v) is 13.3. The van der Waals surface area contributed by atoms with Gasteiger partial charge in [0.05, 0.1) is 0 Å². The van der Waals surface area contributed by atoms with Crippen LogP contribution in [0.2, 0.25) is 5.02 Å². The van der Waals surface area contributed by atoms with Gasteiger partial charge in [-0.1, -0.05) is 29.8 Å². The van der Waals surface area contributed by atoms with Crippen molar-refractivity contribution < 1.29 is 9.18 Å². The van der Waals surface area contributed by atoms with E-state index in [1.807, 2.05) is 13.8 Å². The van der Waals surface area contributed by atoms with Gasteiger partial charge in [0.15, 0.2) is 0 Å². The number of nitrogens with zero attached hydrogens (tertiary/aromatic N) is 1. The monoisotopic (exact) mass is 320 g/mol. The number of carbonyl (C=O) groups is 1. The van der Waals surface area contributed by atoms with Crippen LogP contribution in [0.5, 0.6) is 0 Å². The lowest BCUT2D eigenvalue weighted by molar-refractivity contribution is 0.212. The molecule has 0 atom stereocenters. The van der Waals surface area contributed by atoms with Crippen molar-refractivity contribution in [2.75, 3.05) is 11.9 Å². The number of hydrogen-bond acceptors (Lipinski definition) is 1. The van der Waals surface area contributed by atoms with Gasteiger partial charge in [-0.05, 0) is 49.2 Å². The van der Waals surface area contributed by atoms with Crippen LogP contribution in [0.25, 0.3) is 0 Å². The number of rotatable bonds is 4. The van der Waals surface area contributed by atoms with E-state index < -0.39 is 0 Å². The summed E-state index contributed by atoms with van der Waals surface area (Å²) in [5.74, 6) is -0.306. The van der Waals surface area contributed by atoms with E-state index in [-0.39, 0.29) is 11.8 Å². The topological polar surface area (TPSA) is 32.3 Å². The molecule has 116 valence electrons. The summed E-state index contributed by atoms with van der Waals surface area (Å²) in [7, 11) is 0. The summed E-state index contributed by atoms with van der Waals surface area (Å²) in [6.07, 6.45) is 0. The van der Waals surface area contributed by atoms with Crippen molar-refractivity contribution in [2.24, 2.45) is 0 Å². The Morgan fingerprint density at radius 3 is 2.68 bits per heavy atom. The average molecular weight is 321 g/mol. The molecule has 22 heavy (non-hydrogen) atoms. The zero-order valence-electron chi connectivity index (χ0n) is 12.6. The molecular weight excluding hydrogens is 303 g/mol. The third kappa shape index (κ3) is 3.98. The van der Waals surface area contributed by atoms with Crippen molar-refractivity contribution in [1.82, 2.24) is 4.90 Å². The Balaban J connectivity index is 2.10. The van der Waals surface area contributed by atoms with Crippen LogP contribution < -0.4 is 5.32 Å². The first kappa shape index (κ1) is 16.3. The number of nitrogens with one attached hydrogen (secondary N) is 1. The van der Waals surface area contributed by atoms with Gasteiger partial charge in [-0.3, -0.25) is 0 Å². The normalized spacial score (nSPS) is 10.4. The van der Waals surface area contributed by atoms with Gasteiger partial charge in [-0.2, -0.15) is 0 Å². The van der Waals surface area contributed by atoms with E-state index in [0.717, 1.165) is 11.1 Å². The van der Waals surface area contributed by atoms with Crippen LogP contribution in [0.4, 0.5) is 14.9 Å². The van der Waals surface area contributed by atoms with Gasteiger partial charge in [0.2, 0.25) is 0 Å². The lowest BCUT2D eigenvalue weighted by atomic mass is 10.2. The van der Waals surface area contributed by atoms with Crippen molar-refractivity contribution in [3.8, 4) is 0 Å². The number of carbonyl (C=O) groups excluding carboxylic acids is 1. The van der Waals surface area contributed by atoms with Gasteiger partial charge in [-0.15, -0.1) is 0 Å². The molecule has 0 unspecified atom stereocenters. The summed E-state index contributed by atoms with van der Waals surface area (Å²) < 4.78 is 13.2. The van der Waals surface area contributed by atoms with Crippen LogP contribution >= 0.6 is 11.6 Å². The van der Waals surface area contributed by atoms with Crippen LogP contribution in [-0.2, 0) is 6.54 Å². The highest BCUT2D eigenvalue weighted by Crippen LogP contribution is 2.23. The fourth-order valence-electron chi connectivity index (χ4n) is 2.12. The highest BCUT2D eigenvalue weighted by Gasteiger charge is 2.14. The molecule has 0 bridgehead atoms. The molecule has 0 aliphatic rings. The molecule has 0 aromatic heterocycles. The zero-order chi connectivity index (χ0) is 16.1. The molecule has 2 amide bonds. The SMILES string of the molecule is CCN(Cc1cccc(F)c1)C(=O)Nc1cccc(Cl)c1C. The van der Waals surface area contributed by atoms with E-state index in [1.165, 1.54) is 12.1 Å². The number of urea groups is 1. The standard InChI is InChI=1S/C17H18ClFN2O/c1-3-21(11-13-6-4-7-14(19)10-13)17(22)20-16-9-5-8-15(18)12(16)2/h4-10H,3,11H2,1-2H3,(H,20,22). The fourth-order valence-corrected chi connectivity index (χ4v) is 2.29. The van der Waals surface area contributed by atoms with Crippen molar-refractivity contribution in [2.45, 2.75) is 20.4 Å². The molecule has 5 heteroatoms. The Bertz CT molecular complexity index is 675. The Kier molecular flexibility index (Phi) is 5.39. The minimum absolute atomic E-state index is 0.239. The Morgan fingerprint density at radius 1 is 1.27 bits per heavy atom. The Morgan fingerprint density at radius 2 is 2.00 bits per heavy atom. The smallest absolute Gasteiger partial charge is 0.320 e. The maximum Gasteiger partial charge on any atom is 0.322 e. The Labute approximate surface area is 134 Å². The lowest BCUT2D eigenvalue weighted by Gasteiger charge is -2.22. The van der Waals surface area contributed by atoms with Crippen LogP contribution in [0.15, 0.2) is 42.5 Å². The van der Waals surface area contributed by atoms with Crippen LogP contribution in [0.1, 0.15) is 18.1 Å². The summed E-state index contributed by atoms with van der Waals surface area (Å²) in [5.41, 5.74) is 2.24. The Hall–Kier alpha value is -2.07. The van der Waals surface area contributed by atoms with Gasteiger partial charge < -0.3 is 10.2 Å². The van der Waals surface area contributed by atoms with Gasteiger partial charge in [0.1, 0.15) is 5.82 Å². The molecule has 0 fully saturated rings. The number of halogens is 2. The fraction of sp³-hybridized carbons (Fsp3) is 0.235. The van der Waals surface area contributed by atoms with Gasteiger partial charge in [-0.25, -0.2) is 9.18 Å². The van der Waals surface area contributed by atoms with Crippen LogP contribution in [0.3, 0.4) is 0 Å². The van der Waals surface area contributed by atoms with Crippen molar-refractivity contribution in [1.29, 1.82) is 0 Å². The van der Waals surface area contributed by atoms with Crippen molar-refractivity contribution >= 4 is 23.3 Å². The van der Waals surface area contributed by atoms with E-state index in [9.17, 15) is 9.18 Å². The molecule has 2 rings (SSSR count). The quantitative estimate of drug-likeness (QED) is 0.858. The van der Waals surface area contributed by atoms with Crippen LogP contribution in [0, 0.1) is 12.7 Å². The third-order valence-corrected chi connectivity index (χ3v) is 3.85. The summed E-state index contributed by atoms with van der Waals surface area (Å²) >= 11 is 6.05. The summed E-state index contributed by atoms with van der Waals surface area (Å²) in [5, 5.41) is 3.45. The highest BCUT2D eigenvalue weighted by atomic mass is 35.5. The van der Waals surface area contributed by atoms with E-state index in [2.05, 4.69) is 5.32 Å². The van der Waals surface area contributed by atoms with E-state index in [0.29, 0.717) is 23.8 Å². The molecule has 0 aliphatic carbocycles. The third-order valence-electron chi connectivity index (χ3n) is 3.44. The molecule has 0 heterocycles. The predicted octanol–water partition coefficient (Wildman–Crippen LogP) is 4.84. The van der Waals surface area contributed by atoms with E-state index in [1.54, 1.807) is 35.2 Å². The molecule has 2 aromatic rings. The second kappa shape index (κ2) is 7.27. The second-order valence-electron chi connectivity index (χ2n) is 4.99. The predicted molar refractivity (Wildman–Crippen MR) is 87.7 cm³/mol. The van der Waals surface area contributed by atoms with E-state index >= 15 is 0 Å². The van der Waals surface area contributed by atoms with Crippen LogP contribution in [-0.4, -0.2) is 17.5 Å². The molecule has 0 saturated carbocycles. The lowest BCUT2D eigenvalue weighted by Crippen LogP contribution is -2.34. The first-order valence-corrected chi connectivity index (χ1v) is 7.44. The molecule has 0 spiro atoms. The summed E-state index contributed by atoms with van der Waals surface area (Å²) in [4.78, 5) is 14.0. The molecule has 3 nitrogen and oxygen atoms in total. The molecule has 1 N–H and O–H groups in total. The molecule has 0 aliphatic heterocycles. The van der Waals surface area contributed by atoms with Gasteiger partial charge >= 0.3 is 6.03 Å². The summed E-state index contributed by atoms with van der Waals surface area (Å²) in [6, 6.07) is 11.4. The maximum absolute atomic E-state index is 13.2. The molecule has 0 radical (unpaired) electrons. The first-order valence-electron chi connectivity index (χ1n) is 7.06. The van der Waals surface area contributed by atoms with Gasteiger partial charge in [0, 0.05) is 23.8 Å². The number of anilines is 1. The largest absolute Gasteiger partial charge is 0.322 e. The number of benzene rings is 2. The van der Waals surface area contributed by atoms with Gasteiger partial charge in [0.25, 0.3) is 0 Å². The maximum atomic E-state index is 13.2. The average Bonchev–Trinajstić information content (AvgIpc) is 2.49. The van der Waals surface area contributed by atoms with Crippen molar-refractivity contribution in [3.63, 3.8) is 0 Å². The minimum atomic E-state index is -0.306. The van der Waals surface area contributed by atoms with E-state index in [4.69, 9.17) is 11.6 Å². The number of hydrogen-bond donors (Lipinski definition) is 1. The molecule has 0 saturated heterocycles. The number of amides is 2. The molecular formula is C17H18ClFN2O. The second-order valence-corrected chi connectivity index (χ2v) is 5.39. The summed E-state index contributed by atoms with van der Waals surface area (Å²) in [6.45, 7) is 4.59. The molecule has 2 aromatic carbocycles. The van der Waals surface area contributed by atoms with Crippen molar-refractivity contribution in [3.05, 3.63) is 64.4 Å². The minimum Gasteiger partial charge on any atom is -0.320 e. The highest BCUT2D eigenvalue weighted by molar-refractivity contribution is 6.31.